The fourth-order valence-electron chi connectivity index (χ4n) is 1.82. The largest absolute Gasteiger partial charge is 0.388 e. The number of hydrogen-bond donors (Lipinski definition) is 2. The van der Waals surface area contributed by atoms with E-state index in [4.69, 9.17) is 16.4 Å². The molecule has 0 unspecified atom stereocenters. The molecule has 0 saturated heterocycles. The molecule has 0 aliphatic heterocycles. The summed E-state index contributed by atoms with van der Waals surface area (Å²) < 4.78 is 0. The minimum absolute atomic E-state index is 0.0882. The maximum atomic E-state index is 11.7. The molecule has 0 radical (unpaired) electrons. The molecule has 1 atom stereocenters. The number of halogens is 1. The molecule has 0 saturated carbocycles. The van der Waals surface area contributed by atoms with Crippen molar-refractivity contribution in [2.24, 2.45) is 0 Å². The van der Waals surface area contributed by atoms with Crippen molar-refractivity contribution in [2.75, 3.05) is 0 Å². The van der Waals surface area contributed by atoms with Gasteiger partial charge in [0.15, 0.2) is 0 Å². The molecule has 0 spiro atoms. The van der Waals surface area contributed by atoms with Crippen LogP contribution >= 0.6 is 11.6 Å². The summed E-state index contributed by atoms with van der Waals surface area (Å²) >= 11 is 5.84. The van der Waals surface area contributed by atoms with Gasteiger partial charge in [0, 0.05) is 5.02 Å². The van der Waals surface area contributed by atoms with Crippen LogP contribution in [-0.2, 0) is 16.2 Å². The van der Waals surface area contributed by atoms with E-state index in [-0.39, 0.29) is 13.0 Å². The molecule has 2 N–H and O–H groups in total. The van der Waals surface area contributed by atoms with Crippen molar-refractivity contribution in [2.45, 2.75) is 19.1 Å². The van der Waals surface area contributed by atoms with Crippen LogP contribution in [0.3, 0.4) is 0 Å². The molecule has 1 amide bonds. The number of aliphatic hydroxyl groups excluding tert-OH is 1. The van der Waals surface area contributed by atoms with Crippen LogP contribution in [0.25, 0.3) is 0 Å². The molecule has 2 aromatic rings. The Labute approximate surface area is 128 Å². The van der Waals surface area contributed by atoms with Gasteiger partial charge in [0.2, 0.25) is 5.91 Å². The first-order valence-corrected chi connectivity index (χ1v) is 6.91. The third-order valence-corrected chi connectivity index (χ3v) is 3.11. The van der Waals surface area contributed by atoms with Crippen LogP contribution in [0.4, 0.5) is 0 Å². The predicted octanol–water partition coefficient (Wildman–Crippen LogP) is 3.01. The smallest absolute Gasteiger partial charge is 0.246 e. The molecular formula is C16H16ClNO3. The molecule has 2 aromatic carbocycles. The monoisotopic (exact) mass is 305 g/mol. The maximum absolute atomic E-state index is 11.7. The highest BCUT2D eigenvalue weighted by atomic mass is 35.5. The number of carbonyl (C=O) groups excluding carboxylic acids is 1. The van der Waals surface area contributed by atoms with E-state index < -0.39 is 12.0 Å². The van der Waals surface area contributed by atoms with Crippen molar-refractivity contribution >= 4 is 17.5 Å². The van der Waals surface area contributed by atoms with E-state index in [0.717, 1.165) is 5.56 Å². The first-order chi connectivity index (χ1) is 10.1. The SMILES string of the molecule is O=C(C[C@H](O)c1cccc(Cl)c1)NOCc1ccccc1. The van der Waals surface area contributed by atoms with Crippen LogP contribution in [-0.4, -0.2) is 11.0 Å². The molecule has 2 rings (SSSR count). The third-order valence-electron chi connectivity index (χ3n) is 2.88. The number of hydrogen-bond acceptors (Lipinski definition) is 3. The second kappa shape index (κ2) is 7.78. The van der Waals surface area contributed by atoms with Crippen LogP contribution in [0.5, 0.6) is 0 Å². The zero-order chi connectivity index (χ0) is 15.1. The zero-order valence-corrected chi connectivity index (χ0v) is 12.1. The van der Waals surface area contributed by atoms with Gasteiger partial charge >= 0.3 is 0 Å². The summed E-state index contributed by atoms with van der Waals surface area (Å²) in [5.41, 5.74) is 3.86. The minimum Gasteiger partial charge on any atom is -0.388 e. The summed E-state index contributed by atoms with van der Waals surface area (Å²) in [4.78, 5) is 16.8. The van der Waals surface area contributed by atoms with Crippen molar-refractivity contribution in [3.63, 3.8) is 0 Å². The van der Waals surface area contributed by atoms with Crippen LogP contribution in [0.1, 0.15) is 23.7 Å². The Bertz CT molecular complexity index is 589. The molecule has 21 heavy (non-hydrogen) atoms. The fourth-order valence-corrected chi connectivity index (χ4v) is 2.02. The number of aliphatic hydroxyl groups is 1. The number of nitrogens with one attached hydrogen (secondary N) is 1. The van der Waals surface area contributed by atoms with Gasteiger partial charge < -0.3 is 5.11 Å². The third kappa shape index (κ3) is 5.19. The highest BCUT2D eigenvalue weighted by Crippen LogP contribution is 2.20. The molecule has 110 valence electrons. The van der Waals surface area contributed by atoms with Gasteiger partial charge in [-0.25, -0.2) is 5.48 Å². The van der Waals surface area contributed by atoms with Crippen LogP contribution in [0.2, 0.25) is 5.02 Å². The lowest BCUT2D eigenvalue weighted by molar-refractivity contribution is -0.136. The van der Waals surface area contributed by atoms with Crippen molar-refractivity contribution in [3.8, 4) is 0 Å². The quantitative estimate of drug-likeness (QED) is 0.807. The fraction of sp³-hybridized carbons (Fsp3) is 0.188. The average Bonchev–Trinajstić information content (AvgIpc) is 2.48. The Kier molecular flexibility index (Phi) is 5.75. The molecule has 0 aliphatic rings. The Morgan fingerprint density at radius 2 is 1.95 bits per heavy atom. The highest BCUT2D eigenvalue weighted by Gasteiger charge is 2.13. The normalized spacial score (nSPS) is 11.9. The van der Waals surface area contributed by atoms with Crippen LogP contribution < -0.4 is 5.48 Å². The Hall–Kier alpha value is -1.88. The van der Waals surface area contributed by atoms with E-state index in [2.05, 4.69) is 5.48 Å². The van der Waals surface area contributed by atoms with Crippen molar-refractivity contribution < 1.29 is 14.7 Å². The Morgan fingerprint density at radius 3 is 2.67 bits per heavy atom. The molecule has 0 bridgehead atoms. The van der Waals surface area contributed by atoms with E-state index in [1.165, 1.54) is 0 Å². The van der Waals surface area contributed by atoms with E-state index in [1.807, 2.05) is 30.3 Å². The summed E-state index contributed by atoms with van der Waals surface area (Å²) in [7, 11) is 0. The maximum Gasteiger partial charge on any atom is 0.246 e. The van der Waals surface area contributed by atoms with Gasteiger partial charge in [-0.2, -0.15) is 0 Å². The zero-order valence-electron chi connectivity index (χ0n) is 11.3. The number of carbonyl (C=O) groups is 1. The standard InChI is InChI=1S/C16H16ClNO3/c17-14-8-4-7-13(9-14)15(19)10-16(20)18-21-11-12-5-2-1-3-6-12/h1-9,15,19H,10-11H2,(H,18,20)/t15-/m0/s1. The topological polar surface area (TPSA) is 58.6 Å². The molecule has 5 heteroatoms. The lowest BCUT2D eigenvalue weighted by Crippen LogP contribution is -2.25. The first kappa shape index (κ1) is 15.5. The van der Waals surface area contributed by atoms with Gasteiger partial charge in [-0.1, -0.05) is 54.1 Å². The second-order valence-electron chi connectivity index (χ2n) is 4.57. The van der Waals surface area contributed by atoms with Gasteiger partial charge in [0.05, 0.1) is 19.1 Å². The summed E-state index contributed by atoms with van der Waals surface area (Å²) in [6.45, 7) is 0.278. The summed E-state index contributed by atoms with van der Waals surface area (Å²) in [6.07, 6.45) is -1.00. The highest BCUT2D eigenvalue weighted by molar-refractivity contribution is 6.30. The van der Waals surface area contributed by atoms with Crippen LogP contribution in [0, 0.1) is 0 Å². The van der Waals surface area contributed by atoms with E-state index >= 15 is 0 Å². The van der Waals surface area contributed by atoms with Gasteiger partial charge in [0.25, 0.3) is 0 Å². The first-order valence-electron chi connectivity index (χ1n) is 6.53. The second-order valence-corrected chi connectivity index (χ2v) is 5.01. The van der Waals surface area contributed by atoms with Gasteiger partial charge in [0.1, 0.15) is 0 Å². The van der Waals surface area contributed by atoms with E-state index in [0.29, 0.717) is 10.6 Å². The lowest BCUT2D eigenvalue weighted by atomic mass is 10.1. The molecule has 0 aromatic heterocycles. The summed E-state index contributed by atoms with van der Waals surface area (Å²) in [6, 6.07) is 16.3. The van der Waals surface area contributed by atoms with Crippen molar-refractivity contribution in [1.82, 2.24) is 5.48 Å². The molecule has 4 nitrogen and oxygen atoms in total. The number of rotatable bonds is 6. The van der Waals surface area contributed by atoms with Crippen LogP contribution in [0.15, 0.2) is 54.6 Å². The van der Waals surface area contributed by atoms with Gasteiger partial charge in [-0.05, 0) is 23.3 Å². The summed E-state index contributed by atoms with van der Waals surface area (Å²) in [5, 5.41) is 10.5. The van der Waals surface area contributed by atoms with Crippen molar-refractivity contribution in [3.05, 3.63) is 70.7 Å². The number of amides is 1. The lowest BCUT2D eigenvalue weighted by Gasteiger charge is -2.11. The van der Waals surface area contributed by atoms with E-state index in [9.17, 15) is 9.90 Å². The van der Waals surface area contributed by atoms with Crippen molar-refractivity contribution in [1.29, 1.82) is 0 Å². The van der Waals surface area contributed by atoms with Gasteiger partial charge in [-0.3, -0.25) is 9.63 Å². The Morgan fingerprint density at radius 1 is 1.19 bits per heavy atom. The van der Waals surface area contributed by atoms with E-state index in [1.54, 1.807) is 24.3 Å². The molecule has 0 fully saturated rings. The average molecular weight is 306 g/mol. The predicted molar refractivity (Wildman–Crippen MR) is 80.4 cm³/mol. The Balaban J connectivity index is 1.76. The molecule has 0 aliphatic carbocycles. The minimum atomic E-state index is -0.913. The number of hydroxylamine groups is 1. The molecular weight excluding hydrogens is 290 g/mol. The van der Waals surface area contributed by atoms with Gasteiger partial charge in [-0.15, -0.1) is 0 Å². The number of benzene rings is 2. The summed E-state index contributed by atoms with van der Waals surface area (Å²) in [5.74, 6) is -0.390. The molecule has 0 heterocycles.